The van der Waals surface area contributed by atoms with Gasteiger partial charge in [-0.3, -0.25) is 4.79 Å². The molecule has 0 radical (unpaired) electrons. The van der Waals surface area contributed by atoms with Gasteiger partial charge in [-0.1, -0.05) is 12.1 Å². The molecule has 0 bridgehead atoms. The number of carbonyl (C=O) groups excluding carboxylic acids is 1. The van der Waals surface area contributed by atoms with Gasteiger partial charge >= 0.3 is 0 Å². The molecule has 0 aromatic heterocycles. The van der Waals surface area contributed by atoms with Crippen molar-refractivity contribution in [1.82, 2.24) is 5.32 Å². The van der Waals surface area contributed by atoms with E-state index < -0.39 is 0 Å². The van der Waals surface area contributed by atoms with Crippen molar-refractivity contribution in [3.63, 3.8) is 0 Å². The third-order valence-electron chi connectivity index (χ3n) is 2.73. The van der Waals surface area contributed by atoms with Crippen LogP contribution in [0.3, 0.4) is 0 Å². The Bertz CT molecular complexity index is 356. The van der Waals surface area contributed by atoms with Crippen LogP contribution >= 0.6 is 0 Å². The number of rotatable bonds is 2. The summed E-state index contributed by atoms with van der Waals surface area (Å²) in [6.45, 7) is 5.67. The first-order valence-corrected chi connectivity index (χ1v) is 5.34. The molecule has 0 spiro atoms. The fourth-order valence-electron chi connectivity index (χ4n) is 1.84. The van der Waals surface area contributed by atoms with Crippen molar-refractivity contribution < 1.29 is 4.79 Å². The van der Waals surface area contributed by atoms with E-state index in [1.165, 1.54) is 0 Å². The van der Waals surface area contributed by atoms with Crippen LogP contribution in [-0.2, 0) is 0 Å². The van der Waals surface area contributed by atoms with Crippen molar-refractivity contribution in [2.24, 2.45) is 0 Å². The van der Waals surface area contributed by atoms with Crippen molar-refractivity contribution in [3.8, 4) is 0 Å². The molecule has 80 valence electrons. The molecule has 0 aliphatic carbocycles. The van der Waals surface area contributed by atoms with E-state index in [-0.39, 0.29) is 5.78 Å². The zero-order valence-electron chi connectivity index (χ0n) is 8.99. The molecule has 0 unspecified atom stereocenters. The third-order valence-corrected chi connectivity index (χ3v) is 2.73. The van der Waals surface area contributed by atoms with Gasteiger partial charge in [0.15, 0.2) is 5.78 Å². The summed E-state index contributed by atoms with van der Waals surface area (Å²) in [5.41, 5.74) is 1.95. The number of benzene rings is 1. The molecule has 3 nitrogen and oxygen atoms in total. The zero-order valence-corrected chi connectivity index (χ0v) is 8.99. The van der Waals surface area contributed by atoms with Crippen molar-refractivity contribution in [1.29, 1.82) is 0 Å². The van der Waals surface area contributed by atoms with Gasteiger partial charge in [-0.05, 0) is 19.1 Å². The molecule has 1 heterocycles. The van der Waals surface area contributed by atoms with Gasteiger partial charge in [-0.15, -0.1) is 0 Å². The Labute approximate surface area is 90.1 Å². The number of carbonyl (C=O) groups is 1. The van der Waals surface area contributed by atoms with Crippen molar-refractivity contribution in [2.75, 3.05) is 31.1 Å². The predicted molar refractivity (Wildman–Crippen MR) is 61.5 cm³/mol. The molecular weight excluding hydrogens is 188 g/mol. The average molecular weight is 204 g/mol. The van der Waals surface area contributed by atoms with Gasteiger partial charge in [0.1, 0.15) is 0 Å². The van der Waals surface area contributed by atoms with E-state index in [4.69, 9.17) is 0 Å². The van der Waals surface area contributed by atoms with Crippen LogP contribution in [0.5, 0.6) is 0 Å². The van der Waals surface area contributed by atoms with Crippen LogP contribution in [0.1, 0.15) is 17.3 Å². The highest BCUT2D eigenvalue weighted by molar-refractivity contribution is 5.94. The summed E-state index contributed by atoms with van der Waals surface area (Å²) in [5, 5.41) is 3.31. The van der Waals surface area contributed by atoms with Crippen LogP contribution in [0.2, 0.25) is 0 Å². The number of Topliss-reactive ketones (excluding diaryl/α,β-unsaturated/α-hetero) is 1. The van der Waals surface area contributed by atoms with Crippen molar-refractivity contribution in [2.45, 2.75) is 6.92 Å². The Morgan fingerprint density at radius 2 is 2.07 bits per heavy atom. The third kappa shape index (κ3) is 2.36. The van der Waals surface area contributed by atoms with Crippen molar-refractivity contribution >= 4 is 11.5 Å². The number of anilines is 1. The van der Waals surface area contributed by atoms with Crippen LogP contribution in [0.4, 0.5) is 5.69 Å². The minimum atomic E-state index is 0.131. The Kier molecular flexibility index (Phi) is 3.02. The van der Waals surface area contributed by atoms with Crippen LogP contribution in [0.25, 0.3) is 0 Å². The summed E-state index contributed by atoms with van der Waals surface area (Å²) in [5.74, 6) is 0.131. The summed E-state index contributed by atoms with van der Waals surface area (Å²) in [6.07, 6.45) is 0. The van der Waals surface area contributed by atoms with Gasteiger partial charge < -0.3 is 10.2 Å². The summed E-state index contributed by atoms with van der Waals surface area (Å²) >= 11 is 0. The summed E-state index contributed by atoms with van der Waals surface area (Å²) in [7, 11) is 0. The molecule has 0 saturated carbocycles. The molecule has 15 heavy (non-hydrogen) atoms. The molecule has 0 atom stereocenters. The summed E-state index contributed by atoms with van der Waals surface area (Å²) < 4.78 is 0. The Hall–Kier alpha value is -1.35. The first-order chi connectivity index (χ1) is 7.27. The minimum Gasteiger partial charge on any atom is -0.369 e. The smallest absolute Gasteiger partial charge is 0.159 e. The maximum Gasteiger partial charge on any atom is 0.159 e. The van der Waals surface area contributed by atoms with E-state index >= 15 is 0 Å². The lowest BCUT2D eigenvalue weighted by atomic mass is 10.1. The molecular formula is C12H16N2O. The molecule has 1 N–H and O–H groups in total. The maximum atomic E-state index is 11.2. The topological polar surface area (TPSA) is 32.3 Å². The molecule has 1 aliphatic heterocycles. The van der Waals surface area contributed by atoms with E-state index in [1.54, 1.807) is 6.92 Å². The molecule has 1 aromatic carbocycles. The lowest BCUT2D eigenvalue weighted by molar-refractivity contribution is 0.101. The lowest BCUT2D eigenvalue weighted by Gasteiger charge is -2.29. The Morgan fingerprint density at radius 3 is 2.73 bits per heavy atom. The van der Waals surface area contributed by atoms with Gasteiger partial charge in [0.05, 0.1) is 0 Å². The maximum absolute atomic E-state index is 11.2. The largest absolute Gasteiger partial charge is 0.369 e. The first-order valence-electron chi connectivity index (χ1n) is 5.34. The standard InChI is InChI=1S/C12H16N2O/c1-10(15)11-3-2-4-12(9-11)14-7-5-13-6-8-14/h2-4,9,13H,5-8H2,1H3. The molecule has 2 rings (SSSR count). The van der Waals surface area contributed by atoms with E-state index in [9.17, 15) is 4.79 Å². The van der Waals surface area contributed by atoms with E-state index in [0.29, 0.717) is 0 Å². The second kappa shape index (κ2) is 4.45. The highest BCUT2D eigenvalue weighted by Crippen LogP contribution is 2.16. The monoisotopic (exact) mass is 204 g/mol. The summed E-state index contributed by atoms with van der Waals surface area (Å²) in [4.78, 5) is 13.6. The lowest BCUT2D eigenvalue weighted by Crippen LogP contribution is -2.43. The number of hydrogen-bond donors (Lipinski definition) is 1. The SMILES string of the molecule is CC(=O)c1cccc(N2CCNCC2)c1. The summed E-state index contributed by atoms with van der Waals surface area (Å²) in [6, 6.07) is 7.87. The normalized spacial score (nSPS) is 16.5. The van der Waals surface area contributed by atoms with E-state index in [0.717, 1.165) is 37.4 Å². The van der Waals surface area contributed by atoms with E-state index in [1.807, 2.05) is 18.2 Å². The molecule has 3 heteroatoms. The number of nitrogens with zero attached hydrogens (tertiary/aromatic N) is 1. The number of piperazine rings is 1. The predicted octanol–water partition coefficient (Wildman–Crippen LogP) is 1.30. The van der Waals surface area contributed by atoms with Gasteiger partial charge in [0.25, 0.3) is 0 Å². The zero-order chi connectivity index (χ0) is 10.7. The fourth-order valence-corrected chi connectivity index (χ4v) is 1.84. The van der Waals surface area contributed by atoms with Gasteiger partial charge in [0.2, 0.25) is 0 Å². The second-order valence-electron chi connectivity index (χ2n) is 3.84. The molecule has 0 amide bonds. The number of ketones is 1. The van der Waals surface area contributed by atoms with Gasteiger partial charge in [-0.2, -0.15) is 0 Å². The average Bonchev–Trinajstić information content (AvgIpc) is 2.30. The first kappa shape index (κ1) is 10.2. The number of hydrogen-bond acceptors (Lipinski definition) is 3. The van der Waals surface area contributed by atoms with Crippen molar-refractivity contribution in [3.05, 3.63) is 29.8 Å². The van der Waals surface area contributed by atoms with Gasteiger partial charge in [0, 0.05) is 37.4 Å². The van der Waals surface area contributed by atoms with E-state index in [2.05, 4.69) is 16.3 Å². The highest BCUT2D eigenvalue weighted by Gasteiger charge is 2.11. The number of nitrogens with one attached hydrogen (secondary N) is 1. The van der Waals surface area contributed by atoms with Crippen LogP contribution in [0, 0.1) is 0 Å². The fraction of sp³-hybridized carbons (Fsp3) is 0.417. The Balaban J connectivity index is 2.19. The molecule has 1 aliphatic rings. The molecule has 1 saturated heterocycles. The van der Waals surface area contributed by atoms with Gasteiger partial charge in [-0.25, -0.2) is 0 Å². The quantitative estimate of drug-likeness (QED) is 0.737. The molecule has 1 fully saturated rings. The minimum absolute atomic E-state index is 0.131. The molecule has 1 aromatic rings. The highest BCUT2D eigenvalue weighted by atomic mass is 16.1. The van der Waals surface area contributed by atoms with Crippen LogP contribution in [-0.4, -0.2) is 32.0 Å². The van der Waals surface area contributed by atoms with Crippen LogP contribution in [0.15, 0.2) is 24.3 Å². The second-order valence-corrected chi connectivity index (χ2v) is 3.84. The van der Waals surface area contributed by atoms with Crippen LogP contribution < -0.4 is 10.2 Å². The Morgan fingerprint density at radius 1 is 1.33 bits per heavy atom.